The summed E-state index contributed by atoms with van der Waals surface area (Å²) in [5.74, 6) is 2.71. The van der Waals surface area contributed by atoms with Crippen molar-refractivity contribution in [1.29, 1.82) is 0 Å². The molecule has 4 saturated carbocycles. The molecular weight excluding hydrogens is 1090 g/mol. The van der Waals surface area contributed by atoms with Crippen molar-refractivity contribution < 1.29 is 57.1 Å². The Labute approximate surface area is 504 Å². The van der Waals surface area contributed by atoms with Crippen LogP contribution in [0.5, 0.6) is 23.0 Å². The van der Waals surface area contributed by atoms with Gasteiger partial charge >= 0.3 is 23.9 Å². The quantitative estimate of drug-likeness (QED) is 0.107. The summed E-state index contributed by atoms with van der Waals surface area (Å²) >= 11 is 1.75. The number of rotatable bonds is 0. The van der Waals surface area contributed by atoms with Gasteiger partial charge in [0.1, 0.15) is 23.0 Å². The summed E-state index contributed by atoms with van der Waals surface area (Å²) in [7, 11) is 0. The minimum atomic E-state index is -1.04. The van der Waals surface area contributed by atoms with Gasteiger partial charge in [0, 0.05) is 27.5 Å². The van der Waals surface area contributed by atoms with Gasteiger partial charge in [-0.1, -0.05) is 80.2 Å². The van der Waals surface area contributed by atoms with Crippen LogP contribution in [0, 0.1) is 29.1 Å². The highest BCUT2D eigenvalue weighted by atomic mass is 32.2. The van der Waals surface area contributed by atoms with Crippen molar-refractivity contribution in [2.24, 2.45) is 29.1 Å². The highest BCUT2D eigenvalue weighted by Crippen LogP contribution is 2.65. The van der Waals surface area contributed by atoms with Crippen LogP contribution in [0.3, 0.4) is 0 Å². The van der Waals surface area contributed by atoms with Crippen molar-refractivity contribution in [3.05, 3.63) is 119 Å². The number of fused-ring (bicyclic) bond motifs is 16. The van der Waals surface area contributed by atoms with Crippen LogP contribution >= 0.6 is 11.8 Å². The molecule has 4 fully saturated rings. The normalized spacial score (nSPS) is 28.4. The summed E-state index contributed by atoms with van der Waals surface area (Å²) in [6, 6.07) is 30.7. The third kappa shape index (κ3) is 12.1. The van der Waals surface area contributed by atoms with Crippen molar-refractivity contribution in [1.82, 2.24) is 0 Å². The Bertz CT molecular complexity index is 3230. The van der Waals surface area contributed by atoms with E-state index in [2.05, 4.69) is 125 Å². The van der Waals surface area contributed by atoms with E-state index >= 15 is 0 Å². The molecule has 0 saturated heterocycles. The lowest BCUT2D eigenvalue weighted by Crippen LogP contribution is -2.37. The van der Waals surface area contributed by atoms with Gasteiger partial charge in [-0.05, 0) is 216 Å². The second-order valence-corrected chi connectivity index (χ2v) is 28.7. The number of benzene rings is 5. The van der Waals surface area contributed by atoms with Gasteiger partial charge in [0.05, 0.1) is 69.2 Å². The maximum absolute atomic E-state index is 12.8. The van der Waals surface area contributed by atoms with Gasteiger partial charge in [-0.25, -0.2) is 0 Å². The van der Waals surface area contributed by atoms with Crippen LogP contribution in [0.15, 0.2) is 95.9 Å². The predicted molar refractivity (Wildman–Crippen MR) is 327 cm³/mol. The van der Waals surface area contributed by atoms with E-state index in [0.717, 1.165) is 158 Å². The lowest BCUT2D eigenvalue weighted by molar-refractivity contribution is -0.153. The number of ether oxygens (including phenoxy) is 8. The summed E-state index contributed by atoms with van der Waals surface area (Å²) < 4.78 is 50.7. The van der Waals surface area contributed by atoms with Crippen LogP contribution in [0.4, 0.5) is 0 Å². The monoisotopic (exact) mass is 1170 g/mol. The zero-order valence-electron chi connectivity index (χ0n) is 50.0. The molecule has 448 valence electrons. The molecule has 0 amide bonds. The molecule has 2 spiro atoms. The van der Waals surface area contributed by atoms with Crippen LogP contribution < -0.4 is 18.9 Å². The fourth-order valence-corrected chi connectivity index (χ4v) is 16.2. The summed E-state index contributed by atoms with van der Waals surface area (Å²) in [6.07, 6.45) is 19.3. The first-order chi connectivity index (χ1) is 41.1. The lowest BCUT2D eigenvalue weighted by atomic mass is 9.60. The highest BCUT2D eigenvalue weighted by molar-refractivity contribution is 8.00. The SMILES string of the molecule is CC1(C)CCC2(CC1)c1ccccc1-c1c2c2c(c3cc4c(cc13)OC(C)(C)S4)OC1(C=C2)c2ccc(cc2)OC2CCC(CC2)COC(=O)CCC(=O)OCC2CCC(CC2)COC(=O)CCC(=O)OCC2CCC(CC2)Oc2ccc1cc2. The van der Waals surface area contributed by atoms with E-state index < -0.39 is 22.5 Å². The van der Waals surface area contributed by atoms with Crippen molar-refractivity contribution >= 4 is 52.5 Å². The van der Waals surface area contributed by atoms with E-state index in [1.54, 1.807) is 11.8 Å². The number of hydrogen-bond acceptors (Lipinski definition) is 13. The molecule has 8 aliphatic heterocycles. The molecule has 0 unspecified atom stereocenters. The maximum Gasteiger partial charge on any atom is 0.306 e. The fourth-order valence-electron chi connectivity index (χ4n) is 15.1. The average Bonchev–Trinajstić information content (AvgIpc) is 1.59. The van der Waals surface area contributed by atoms with Gasteiger partial charge < -0.3 is 37.9 Å². The predicted octanol–water partition coefficient (Wildman–Crippen LogP) is 15.7. The molecule has 0 radical (unpaired) electrons. The number of carbonyl (C=O) groups excluding carboxylic acids is 4. The van der Waals surface area contributed by atoms with Crippen LogP contribution in [0.1, 0.15) is 184 Å². The van der Waals surface area contributed by atoms with E-state index in [-0.39, 0.29) is 84.3 Å². The van der Waals surface area contributed by atoms with Crippen molar-refractivity contribution in [2.75, 3.05) is 26.4 Å². The van der Waals surface area contributed by atoms with E-state index in [4.69, 9.17) is 37.9 Å². The highest BCUT2D eigenvalue weighted by Gasteiger charge is 2.51. The van der Waals surface area contributed by atoms with Crippen LogP contribution in [0.25, 0.3) is 28.0 Å². The summed E-state index contributed by atoms with van der Waals surface area (Å²) in [5.41, 5.74) is 7.52. The summed E-state index contributed by atoms with van der Waals surface area (Å²) in [6.45, 7) is 10.4. The second-order valence-electron chi connectivity index (χ2n) is 27.1. The Balaban J connectivity index is 0.793. The summed E-state index contributed by atoms with van der Waals surface area (Å²) in [5, 5.41) is 2.22. The Morgan fingerprint density at radius 3 is 1.44 bits per heavy atom. The number of thioether (sulfide) groups is 1. The van der Waals surface area contributed by atoms with Gasteiger partial charge in [-0.15, -0.1) is 0 Å². The molecule has 8 heterocycles. The third-order valence-electron chi connectivity index (χ3n) is 20.2. The summed E-state index contributed by atoms with van der Waals surface area (Å²) in [4.78, 5) is 51.6. The van der Waals surface area contributed by atoms with E-state index in [1.165, 1.54) is 22.3 Å². The average molecular weight is 1170 g/mol. The molecule has 5 aliphatic carbocycles. The van der Waals surface area contributed by atoms with Gasteiger partial charge in [-0.2, -0.15) is 0 Å². The number of hydrogen-bond donors (Lipinski definition) is 0. The molecule has 5 aromatic carbocycles. The minimum Gasteiger partial charge on any atom is -0.490 e. The van der Waals surface area contributed by atoms with E-state index in [9.17, 15) is 19.2 Å². The van der Waals surface area contributed by atoms with Crippen LogP contribution in [-0.4, -0.2) is 67.4 Å². The number of carbonyl (C=O) groups is 4. The molecule has 0 atom stereocenters. The minimum absolute atomic E-state index is 0.0140. The number of esters is 4. The Hall–Kier alpha value is -6.47. The molecular formula is C72H82O12S. The molecule has 0 N–H and O–H groups in total. The van der Waals surface area contributed by atoms with Gasteiger partial charge in [-0.3, -0.25) is 19.2 Å². The lowest BCUT2D eigenvalue weighted by Gasteiger charge is -2.44. The second kappa shape index (κ2) is 23.7. The van der Waals surface area contributed by atoms with Gasteiger partial charge in [0.15, 0.2) is 10.5 Å². The van der Waals surface area contributed by atoms with Crippen LogP contribution in [-0.2, 0) is 49.1 Å². The molecule has 13 aliphatic rings. The van der Waals surface area contributed by atoms with E-state index in [0.29, 0.717) is 26.4 Å². The Morgan fingerprint density at radius 1 is 0.494 bits per heavy atom. The molecule has 85 heavy (non-hydrogen) atoms. The van der Waals surface area contributed by atoms with E-state index in [1.807, 2.05) is 0 Å². The first-order valence-corrected chi connectivity index (χ1v) is 32.6. The first kappa shape index (κ1) is 57.6. The third-order valence-corrected chi connectivity index (χ3v) is 21.3. The van der Waals surface area contributed by atoms with Gasteiger partial charge in [0.2, 0.25) is 0 Å². The zero-order valence-corrected chi connectivity index (χ0v) is 50.8. The van der Waals surface area contributed by atoms with Crippen molar-refractivity contribution in [3.63, 3.8) is 0 Å². The van der Waals surface area contributed by atoms with Gasteiger partial charge in [0.25, 0.3) is 0 Å². The fraction of sp³-hybridized carbons (Fsp3) is 0.528. The molecule has 0 aromatic heterocycles. The molecule has 12 nitrogen and oxygen atoms in total. The van der Waals surface area contributed by atoms with Crippen molar-refractivity contribution in [3.8, 4) is 34.1 Å². The molecule has 10 bridgehead atoms. The topological polar surface area (TPSA) is 142 Å². The molecule has 13 heteroatoms. The standard InChI is InChI=1S/C72H82O12S/c1-69(2)35-37-71(38-36-69)59-8-6-5-7-55(59)66-57-39-60-61(85-70(3,4)83-60)40-58(57)68-56(67(66)71)33-34-72(84-68)49-17-25-53(26-18-49)81-51-21-13-47(14-22-51)43-79-64(75)31-29-62(73)77-41-45-9-10-46(12-11-45)42-78-63(74)30-32-65(76)80-44-48-15-23-52(24-16-48)82-54-27-19-50(72)20-28-54/h5-8,17-20,25-28,33-34,39-40,45-48,51-52H,9-16,21-24,29-32,35-38,41-44H2,1-4H3. The maximum atomic E-state index is 12.8. The molecule has 18 rings (SSSR count). The van der Waals surface area contributed by atoms with Crippen molar-refractivity contribution in [2.45, 2.75) is 189 Å². The van der Waals surface area contributed by atoms with Crippen LogP contribution in [0.2, 0.25) is 0 Å². The largest absolute Gasteiger partial charge is 0.490 e. The Morgan fingerprint density at radius 2 is 0.953 bits per heavy atom. The zero-order chi connectivity index (χ0) is 58.5. The molecule has 5 aromatic rings. The first-order valence-electron chi connectivity index (χ1n) is 31.8. The Kier molecular flexibility index (Phi) is 16.0. The smallest absolute Gasteiger partial charge is 0.306 e.